The predicted molar refractivity (Wildman–Crippen MR) is 84.9 cm³/mol. The van der Waals surface area contributed by atoms with Crippen LogP contribution in [-0.4, -0.2) is 25.5 Å². The SMILES string of the molecule is O=C1NCCNC[C@@H]1Cc1ccccc1-c1ccc(F)c(F)c1. The van der Waals surface area contributed by atoms with Gasteiger partial charge in [-0.15, -0.1) is 0 Å². The molecule has 0 spiro atoms. The van der Waals surface area contributed by atoms with Crippen LogP contribution in [-0.2, 0) is 11.2 Å². The first-order valence-corrected chi connectivity index (χ1v) is 7.67. The van der Waals surface area contributed by atoms with E-state index in [1.165, 1.54) is 6.07 Å². The van der Waals surface area contributed by atoms with Crippen molar-refractivity contribution in [3.8, 4) is 11.1 Å². The summed E-state index contributed by atoms with van der Waals surface area (Å²) in [7, 11) is 0. The Labute approximate surface area is 133 Å². The van der Waals surface area contributed by atoms with Crippen molar-refractivity contribution < 1.29 is 13.6 Å². The Morgan fingerprint density at radius 2 is 1.87 bits per heavy atom. The minimum absolute atomic E-state index is 0.0232. The lowest BCUT2D eigenvalue weighted by molar-refractivity contribution is -0.124. The van der Waals surface area contributed by atoms with Crippen LogP contribution < -0.4 is 10.6 Å². The minimum atomic E-state index is -0.869. The first kappa shape index (κ1) is 15.6. The van der Waals surface area contributed by atoms with Crippen LogP contribution in [0.5, 0.6) is 0 Å². The molecule has 3 nitrogen and oxygen atoms in total. The molecule has 120 valence electrons. The van der Waals surface area contributed by atoms with Gasteiger partial charge in [0.15, 0.2) is 11.6 Å². The third-order valence-corrected chi connectivity index (χ3v) is 4.08. The highest BCUT2D eigenvalue weighted by Gasteiger charge is 2.22. The molecule has 23 heavy (non-hydrogen) atoms. The highest BCUT2D eigenvalue weighted by molar-refractivity contribution is 5.80. The van der Waals surface area contributed by atoms with Gasteiger partial charge in [-0.3, -0.25) is 4.79 Å². The molecule has 0 aromatic heterocycles. The number of amides is 1. The lowest BCUT2D eigenvalue weighted by atomic mass is 9.91. The number of carbonyl (C=O) groups excluding carboxylic acids is 1. The molecule has 0 unspecified atom stereocenters. The highest BCUT2D eigenvalue weighted by atomic mass is 19.2. The second-order valence-electron chi connectivity index (χ2n) is 5.68. The summed E-state index contributed by atoms with van der Waals surface area (Å²) in [6, 6.07) is 11.4. The summed E-state index contributed by atoms with van der Waals surface area (Å²) in [6.45, 7) is 1.99. The molecule has 1 heterocycles. The van der Waals surface area contributed by atoms with E-state index in [4.69, 9.17) is 0 Å². The predicted octanol–water partition coefficient (Wildman–Crippen LogP) is 2.51. The zero-order chi connectivity index (χ0) is 16.2. The van der Waals surface area contributed by atoms with Crippen molar-refractivity contribution in [2.45, 2.75) is 6.42 Å². The minimum Gasteiger partial charge on any atom is -0.355 e. The van der Waals surface area contributed by atoms with Crippen LogP contribution in [0, 0.1) is 17.6 Å². The van der Waals surface area contributed by atoms with Crippen LogP contribution in [0.2, 0.25) is 0 Å². The first-order chi connectivity index (χ1) is 11.1. The molecule has 2 N–H and O–H groups in total. The number of hydrogen-bond donors (Lipinski definition) is 2. The normalized spacial score (nSPS) is 18.3. The van der Waals surface area contributed by atoms with Crippen molar-refractivity contribution in [3.63, 3.8) is 0 Å². The molecule has 0 radical (unpaired) electrons. The van der Waals surface area contributed by atoms with Gasteiger partial charge in [0.05, 0.1) is 5.92 Å². The molecule has 3 rings (SSSR count). The molecule has 0 bridgehead atoms. The summed E-state index contributed by atoms with van der Waals surface area (Å²) >= 11 is 0. The van der Waals surface area contributed by atoms with Gasteiger partial charge in [-0.1, -0.05) is 30.3 Å². The van der Waals surface area contributed by atoms with Crippen LogP contribution in [0.25, 0.3) is 11.1 Å². The molecule has 1 amide bonds. The molecular formula is C18H18F2N2O. The van der Waals surface area contributed by atoms with E-state index in [0.29, 0.717) is 25.1 Å². The number of nitrogens with one attached hydrogen (secondary N) is 2. The zero-order valence-electron chi connectivity index (χ0n) is 12.6. The maximum absolute atomic E-state index is 13.5. The average Bonchev–Trinajstić information content (AvgIpc) is 2.76. The smallest absolute Gasteiger partial charge is 0.224 e. The molecule has 1 fully saturated rings. The Morgan fingerprint density at radius 3 is 2.70 bits per heavy atom. The van der Waals surface area contributed by atoms with Crippen molar-refractivity contribution in [2.75, 3.05) is 19.6 Å². The van der Waals surface area contributed by atoms with E-state index < -0.39 is 11.6 Å². The molecule has 1 atom stereocenters. The lowest BCUT2D eigenvalue weighted by Gasteiger charge is -2.16. The maximum atomic E-state index is 13.5. The maximum Gasteiger partial charge on any atom is 0.224 e. The summed E-state index contributed by atoms with van der Waals surface area (Å²) in [4.78, 5) is 12.1. The number of halogens is 2. The second-order valence-corrected chi connectivity index (χ2v) is 5.68. The largest absolute Gasteiger partial charge is 0.355 e. The molecule has 2 aromatic carbocycles. The summed E-state index contributed by atoms with van der Waals surface area (Å²) in [5.74, 6) is -1.89. The van der Waals surface area contributed by atoms with Gasteiger partial charge in [0.2, 0.25) is 5.91 Å². The summed E-state index contributed by atoms with van der Waals surface area (Å²) < 4.78 is 26.7. The molecule has 1 aliphatic heterocycles. The fraction of sp³-hybridized carbons (Fsp3) is 0.278. The monoisotopic (exact) mass is 316 g/mol. The Bertz CT molecular complexity index is 718. The molecule has 1 saturated heterocycles. The van der Waals surface area contributed by atoms with E-state index in [2.05, 4.69) is 10.6 Å². The van der Waals surface area contributed by atoms with Crippen molar-refractivity contribution in [1.29, 1.82) is 0 Å². The van der Waals surface area contributed by atoms with Gasteiger partial charge in [0.25, 0.3) is 0 Å². The van der Waals surface area contributed by atoms with Crippen molar-refractivity contribution in [1.82, 2.24) is 10.6 Å². The fourth-order valence-electron chi connectivity index (χ4n) is 2.86. The van der Waals surface area contributed by atoms with Gasteiger partial charge in [-0.05, 0) is 35.2 Å². The zero-order valence-corrected chi connectivity index (χ0v) is 12.6. The standard InChI is InChI=1S/C18H18F2N2O/c19-16-6-5-13(10-17(16)20)15-4-2-1-3-12(15)9-14-11-21-7-8-22-18(14)23/h1-6,10,14,21H,7-9,11H2,(H,22,23)/t14-/m0/s1. The first-order valence-electron chi connectivity index (χ1n) is 7.67. The van der Waals surface area contributed by atoms with E-state index in [1.807, 2.05) is 24.3 Å². The fourth-order valence-corrected chi connectivity index (χ4v) is 2.86. The third-order valence-electron chi connectivity index (χ3n) is 4.08. The Balaban J connectivity index is 1.91. The number of benzene rings is 2. The Hall–Kier alpha value is -2.27. The molecule has 1 aliphatic rings. The summed E-state index contributed by atoms with van der Waals surface area (Å²) in [5, 5.41) is 6.11. The summed E-state index contributed by atoms with van der Waals surface area (Å²) in [5.41, 5.74) is 2.38. The molecular weight excluding hydrogens is 298 g/mol. The summed E-state index contributed by atoms with van der Waals surface area (Å²) in [6.07, 6.45) is 0.550. The van der Waals surface area contributed by atoms with Crippen LogP contribution in [0.1, 0.15) is 5.56 Å². The van der Waals surface area contributed by atoms with Crippen molar-refractivity contribution >= 4 is 5.91 Å². The van der Waals surface area contributed by atoms with Crippen LogP contribution in [0.4, 0.5) is 8.78 Å². The van der Waals surface area contributed by atoms with Gasteiger partial charge < -0.3 is 10.6 Å². The van der Waals surface area contributed by atoms with Crippen LogP contribution in [0.15, 0.2) is 42.5 Å². The Morgan fingerprint density at radius 1 is 1.04 bits per heavy atom. The molecule has 2 aromatic rings. The van der Waals surface area contributed by atoms with E-state index in [-0.39, 0.29) is 11.8 Å². The molecule has 0 saturated carbocycles. The third kappa shape index (κ3) is 3.56. The van der Waals surface area contributed by atoms with E-state index in [1.54, 1.807) is 6.07 Å². The van der Waals surface area contributed by atoms with Crippen molar-refractivity contribution in [3.05, 3.63) is 59.7 Å². The highest BCUT2D eigenvalue weighted by Crippen LogP contribution is 2.27. The number of hydrogen-bond acceptors (Lipinski definition) is 2. The van der Waals surface area contributed by atoms with Gasteiger partial charge in [-0.25, -0.2) is 8.78 Å². The molecule has 5 heteroatoms. The van der Waals surface area contributed by atoms with Gasteiger partial charge in [-0.2, -0.15) is 0 Å². The quantitative estimate of drug-likeness (QED) is 0.913. The second kappa shape index (κ2) is 6.87. The van der Waals surface area contributed by atoms with Gasteiger partial charge in [0, 0.05) is 19.6 Å². The number of carbonyl (C=O) groups is 1. The Kier molecular flexibility index (Phi) is 4.67. The van der Waals surface area contributed by atoms with E-state index in [9.17, 15) is 13.6 Å². The van der Waals surface area contributed by atoms with Crippen molar-refractivity contribution in [2.24, 2.45) is 5.92 Å². The topological polar surface area (TPSA) is 41.1 Å². The van der Waals surface area contributed by atoms with Gasteiger partial charge in [0.1, 0.15) is 0 Å². The van der Waals surface area contributed by atoms with Crippen LogP contribution in [0.3, 0.4) is 0 Å². The van der Waals surface area contributed by atoms with Gasteiger partial charge >= 0.3 is 0 Å². The molecule has 0 aliphatic carbocycles. The lowest BCUT2D eigenvalue weighted by Crippen LogP contribution is -2.32. The van der Waals surface area contributed by atoms with Crippen LogP contribution >= 0.6 is 0 Å². The number of rotatable bonds is 3. The van der Waals surface area contributed by atoms with E-state index >= 15 is 0 Å². The average molecular weight is 316 g/mol. The van der Waals surface area contributed by atoms with E-state index in [0.717, 1.165) is 23.7 Å².